The zero-order chi connectivity index (χ0) is 22.4. The topological polar surface area (TPSA) is 66.4 Å². The van der Waals surface area contributed by atoms with Crippen LogP contribution in [0.25, 0.3) is 0 Å². The lowest BCUT2D eigenvalue weighted by Gasteiger charge is -2.15. The Kier molecular flexibility index (Phi) is 6.98. The first-order chi connectivity index (χ1) is 14.9. The third kappa shape index (κ3) is 5.44. The molecule has 31 heavy (non-hydrogen) atoms. The molecular weight excluding hydrogens is 394 g/mol. The van der Waals surface area contributed by atoms with E-state index in [1.807, 2.05) is 62.4 Å². The molecule has 0 bridgehead atoms. The molecule has 6 heteroatoms. The summed E-state index contributed by atoms with van der Waals surface area (Å²) in [6.07, 6.45) is 6.03. The monoisotopic (exact) mass is 421 g/mol. The second-order valence-electron chi connectivity index (χ2n) is 7.96. The highest BCUT2D eigenvalue weighted by Gasteiger charge is 2.62. The molecule has 0 aromatic heterocycles. The van der Waals surface area contributed by atoms with Gasteiger partial charge in [0, 0.05) is 31.7 Å². The first-order valence-electron chi connectivity index (χ1n) is 10.1. The van der Waals surface area contributed by atoms with E-state index in [2.05, 4.69) is 11.1 Å². The Morgan fingerprint density at radius 2 is 1.87 bits per heavy atom. The lowest BCUT2D eigenvalue weighted by molar-refractivity contribution is -0.149. The lowest BCUT2D eigenvalue weighted by atomic mass is 10.1. The van der Waals surface area contributed by atoms with Gasteiger partial charge in [-0.1, -0.05) is 55.3 Å². The minimum Gasteiger partial charge on any atom is -0.457 e. The Morgan fingerprint density at radius 1 is 1.16 bits per heavy atom. The van der Waals surface area contributed by atoms with Gasteiger partial charge in [-0.2, -0.15) is 0 Å². The van der Waals surface area contributed by atoms with E-state index in [9.17, 15) is 4.79 Å². The summed E-state index contributed by atoms with van der Waals surface area (Å²) in [7, 11) is 1.53. The van der Waals surface area contributed by atoms with E-state index in [1.54, 1.807) is 19.2 Å². The molecular formula is C25H27NO5. The summed E-state index contributed by atoms with van der Waals surface area (Å²) in [5.41, 5.74) is 0.378. The summed E-state index contributed by atoms with van der Waals surface area (Å²) in [4.78, 5) is 18.0. The number of ether oxygens (including phenoxy) is 3. The molecule has 4 atom stereocenters. The molecule has 162 valence electrons. The van der Waals surface area contributed by atoms with Crippen LogP contribution in [0.4, 0.5) is 0 Å². The van der Waals surface area contributed by atoms with Crippen LogP contribution in [0.3, 0.4) is 0 Å². The molecule has 0 radical (unpaired) electrons. The predicted octanol–water partition coefficient (Wildman–Crippen LogP) is 4.96. The molecule has 0 N–H and O–H groups in total. The van der Waals surface area contributed by atoms with E-state index >= 15 is 0 Å². The van der Waals surface area contributed by atoms with Crippen molar-refractivity contribution in [2.75, 3.05) is 7.11 Å². The number of carbonyl (C=O) groups is 1. The molecule has 0 amide bonds. The van der Waals surface area contributed by atoms with Crippen molar-refractivity contribution >= 4 is 12.2 Å². The highest BCUT2D eigenvalue weighted by Crippen LogP contribution is 2.58. The number of para-hydroxylation sites is 1. The van der Waals surface area contributed by atoms with E-state index in [0.29, 0.717) is 17.1 Å². The van der Waals surface area contributed by atoms with Crippen LogP contribution in [0.5, 0.6) is 11.5 Å². The van der Waals surface area contributed by atoms with Crippen molar-refractivity contribution in [1.29, 1.82) is 0 Å². The molecule has 6 nitrogen and oxygen atoms in total. The number of hydrogen-bond acceptors (Lipinski definition) is 6. The van der Waals surface area contributed by atoms with Gasteiger partial charge in [0.05, 0.1) is 5.92 Å². The highest BCUT2D eigenvalue weighted by molar-refractivity contribution is 5.85. The van der Waals surface area contributed by atoms with Crippen molar-refractivity contribution in [3.8, 4) is 23.8 Å². The van der Waals surface area contributed by atoms with Crippen LogP contribution in [-0.2, 0) is 19.1 Å². The van der Waals surface area contributed by atoms with Crippen molar-refractivity contribution in [2.24, 2.45) is 22.4 Å². The second-order valence-corrected chi connectivity index (χ2v) is 7.96. The molecule has 0 aliphatic heterocycles. The van der Waals surface area contributed by atoms with Gasteiger partial charge in [-0.3, -0.25) is 4.79 Å². The van der Waals surface area contributed by atoms with Crippen molar-refractivity contribution < 1.29 is 23.8 Å². The van der Waals surface area contributed by atoms with E-state index in [-0.39, 0.29) is 23.2 Å². The number of rotatable bonds is 9. The zero-order valence-corrected chi connectivity index (χ0v) is 18.1. The maximum Gasteiger partial charge on any atom is 0.311 e. The van der Waals surface area contributed by atoms with Crippen molar-refractivity contribution in [3.05, 3.63) is 60.2 Å². The van der Waals surface area contributed by atoms with Crippen molar-refractivity contribution in [2.45, 2.75) is 33.2 Å². The zero-order valence-electron chi connectivity index (χ0n) is 18.1. The summed E-state index contributed by atoms with van der Waals surface area (Å²) < 4.78 is 16.5. The molecule has 0 saturated heterocycles. The van der Waals surface area contributed by atoms with Crippen molar-refractivity contribution in [3.63, 3.8) is 0 Å². The molecule has 2 aromatic carbocycles. The predicted molar refractivity (Wildman–Crippen MR) is 117 cm³/mol. The average molecular weight is 421 g/mol. The Labute approximate surface area is 183 Å². The first-order valence-corrected chi connectivity index (χ1v) is 10.1. The van der Waals surface area contributed by atoms with E-state index in [4.69, 9.17) is 25.5 Å². The summed E-state index contributed by atoms with van der Waals surface area (Å²) in [6, 6.07) is 16.7. The lowest BCUT2D eigenvalue weighted by Crippen LogP contribution is -2.14. The molecule has 1 aliphatic carbocycles. The highest BCUT2D eigenvalue weighted by atomic mass is 16.8. The summed E-state index contributed by atoms with van der Waals surface area (Å²) >= 11 is 0. The number of carbonyl (C=O) groups excluding carboxylic acids is 1. The van der Waals surface area contributed by atoms with Crippen LogP contribution in [-0.4, -0.2) is 25.6 Å². The second kappa shape index (κ2) is 9.67. The number of terminal acetylenes is 1. The quantitative estimate of drug-likeness (QED) is 0.188. The van der Waals surface area contributed by atoms with E-state index < -0.39 is 12.4 Å². The fourth-order valence-electron chi connectivity index (χ4n) is 3.39. The Hall–Kier alpha value is -3.30. The van der Waals surface area contributed by atoms with Gasteiger partial charge < -0.3 is 19.0 Å². The smallest absolute Gasteiger partial charge is 0.311 e. The van der Waals surface area contributed by atoms with Gasteiger partial charge in [-0.25, -0.2) is 0 Å². The van der Waals surface area contributed by atoms with Gasteiger partial charge in [0.2, 0.25) is 6.29 Å². The summed E-state index contributed by atoms with van der Waals surface area (Å²) in [6.45, 7) is 5.69. The first kappa shape index (κ1) is 22.4. The van der Waals surface area contributed by atoms with Gasteiger partial charge in [-0.15, -0.1) is 6.42 Å². The van der Waals surface area contributed by atoms with E-state index in [1.165, 1.54) is 7.11 Å². The Balaban J connectivity index is 1.65. The Bertz CT molecular complexity index is 963. The fourth-order valence-corrected chi connectivity index (χ4v) is 3.39. The number of benzene rings is 2. The molecule has 3 rings (SSSR count). The number of methoxy groups -OCH3 is 1. The minimum absolute atomic E-state index is 0.102. The number of hydrogen-bond donors (Lipinski definition) is 0. The largest absolute Gasteiger partial charge is 0.457 e. The van der Waals surface area contributed by atoms with Gasteiger partial charge in [-0.05, 0) is 29.7 Å². The number of nitrogens with zero attached hydrogens (tertiary/aromatic N) is 1. The van der Waals surface area contributed by atoms with E-state index in [0.717, 1.165) is 0 Å². The molecule has 0 heterocycles. The van der Waals surface area contributed by atoms with Crippen LogP contribution < -0.4 is 4.74 Å². The molecule has 1 saturated carbocycles. The van der Waals surface area contributed by atoms with Crippen LogP contribution in [0.15, 0.2) is 59.8 Å². The fraction of sp³-hybridized carbons (Fsp3) is 0.360. The number of oxime groups is 1. The van der Waals surface area contributed by atoms with Crippen LogP contribution in [0.1, 0.15) is 32.4 Å². The molecule has 1 aliphatic rings. The van der Waals surface area contributed by atoms with Crippen LogP contribution >= 0.6 is 0 Å². The molecule has 0 spiro atoms. The normalized spacial score (nSPS) is 21.0. The minimum atomic E-state index is -0.814. The standard InChI is InChI=1S/C25H27NO5/c1-6-22(18-11-10-14-20(15-18)29-19-12-8-7-9-13-19)30-24(27)23-21(25(23,3)4)16-26-31-17(2)28-5/h1,7-17,21-23H,2-5H3. The maximum absolute atomic E-state index is 12.8. The Morgan fingerprint density at radius 3 is 2.55 bits per heavy atom. The van der Waals surface area contributed by atoms with Gasteiger partial charge in [0.15, 0.2) is 6.10 Å². The van der Waals surface area contributed by atoms with Gasteiger partial charge in [0.1, 0.15) is 11.5 Å². The van der Waals surface area contributed by atoms with Gasteiger partial charge >= 0.3 is 5.97 Å². The van der Waals surface area contributed by atoms with Crippen molar-refractivity contribution in [1.82, 2.24) is 0 Å². The third-order valence-electron chi connectivity index (χ3n) is 5.45. The molecule has 4 unspecified atom stereocenters. The average Bonchev–Trinajstić information content (AvgIpc) is 3.32. The molecule has 1 fully saturated rings. The molecule has 2 aromatic rings. The third-order valence-corrected chi connectivity index (χ3v) is 5.45. The SMILES string of the molecule is C#CC(OC(=O)C1C(C=NOC(C)OC)C1(C)C)c1cccc(Oc2ccccc2)c1. The summed E-state index contributed by atoms with van der Waals surface area (Å²) in [5.74, 6) is 3.06. The number of esters is 1. The van der Waals surface area contributed by atoms with Crippen LogP contribution in [0.2, 0.25) is 0 Å². The van der Waals surface area contributed by atoms with Crippen LogP contribution in [0, 0.1) is 29.6 Å². The summed E-state index contributed by atoms with van der Waals surface area (Å²) in [5, 5.41) is 3.93. The maximum atomic E-state index is 12.8. The van der Waals surface area contributed by atoms with Gasteiger partial charge in [0.25, 0.3) is 0 Å².